The first kappa shape index (κ1) is 8.23. The fraction of sp³-hybridized carbons (Fsp3) is 0.833. The van der Waals surface area contributed by atoms with Gasteiger partial charge in [0.25, 0.3) is 0 Å². The molecular formula is C6H8F2O3. The molecule has 1 heterocycles. The maximum Gasteiger partial charge on any atom is 0.508 e. The van der Waals surface area contributed by atoms with E-state index in [-0.39, 0.29) is 6.61 Å². The van der Waals surface area contributed by atoms with Crippen molar-refractivity contribution < 1.29 is 23.0 Å². The molecule has 1 aliphatic rings. The summed E-state index contributed by atoms with van der Waals surface area (Å²) in [5.41, 5.74) is 0. The number of rotatable bonds is 2. The highest BCUT2D eigenvalue weighted by molar-refractivity contribution is 5.61. The van der Waals surface area contributed by atoms with Gasteiger partial charge in [0.15, 0.2) is 0 Å². The number of ether oxygens (including phenoxy) is 2. The molecule has 0 aromatic heterocycles. The van der Waals surface area contributed by atoms with E-state index in [0.717, 1.165) is 6.92 Å². The lowest BCUT2D eigenvalue weighted by atomic mass is 10.2. The minimum atomic E-state index is -2.81. The van der Waals surface area contributed by atoms with E-state index in [4.69, 9.17) is 0 Å². The van der Waals surface area contributed by atoms with Crippen LogP contribution in [0.5, 0.6) is 0 Å². The smallest absolute Gasteiger partial charge is 0.430 e. The van der Waals surface area contributed by atoms with Crippen LogP contribution in [0.15, 0.2) is 0 Å². The molecule has 5 heteroatoms. The van der Waals surface area contributed by atoms with E-state index in [2.05, 4.69) is 9.47 Å². The molecule has 0 bridgehead atoms. The van der Waals surface area contributed by atoms with Gasteiger partial charge < -0.3 is 9.47 Å². The van der Waals surface area contributed by atoms with Crippen LogP contribution in [0.4, 0.5) is 13.6 Å². The van der Waals surface area contributed by atoms with Gasteiger partial charge in [-0.3, -0.25) is 0 Å². The normalized spacial score (nSPS) is 24.6. The molecule has 1 unspecified atom stereocenters. The summed E-state index contributed by atoms with van der Waals surface area (Å²) < 4.78 is 33.2. The van der Waals surface area contributed by atoms with Crippen LogP contribution in [-0.4, -0.2) is 24.8 Å². The fourth-order valence-corrected chi connectivity index (χ4v) is 0.865. The second-order valence-electron chi connectivity index (χ2n) is 2.58. The number of halogens is 2. The third kappa shape index (κ3) is 2.69. The zero-order valence-corrected chi connectivity index (χ0v) is 5.97. The van der Waals surface area contributed by atoms with E-state index < -0.39 is 24.6 Å². The molecule has 0 radical (unpaired) electrons. The van der Waals surface area contributed by atoms with Crippen molar-refractivity contribution in [3.05, 3.63) is 0 Å². The second kappa shape index (κ2) is 2.64. The first-order chi connectivity index (χ1) is 4.97. The lowest BCUT2D eigenvalue weighted by Crippen LogP contribution is -2.22. The summed E-state index contributed by atoms with van der Waals surface area (Å²) in [5.74, 6) is -2.81. The van der Waals surface area contributed by atoms with Gasteiger partial charge in [0.05, 0.1) is 6.42 Å². The Morgan fingerprint density at radius 2 is 2.36 bits per heavy atom. The van der Waals surface area contributed by atoms with Crippen LogP contribution in [0.1, 0.15) is 13.3 Å². The van der Waals surface area contributed by atoms with Crippen molar-refractivity contribution >= 4 is 6.16 Å². The van der Waals surface area contributed by atoms with E-state index in [1.165, 1.54) is 0 Å². The van der Waals surface area contributed by atoms with Crippen molar-refractivity contribution in [2.45, 2.75) is 25.4 Å². The Labute approximate surface area is 62.3 Å². The highest BCUT2D eigenvalue weighted by Crippen LogP contribution is 2.23. The molecule has 1 fully saturated rings. The number of hydrogen-bond donors (Lipinski definition) is 0. The van der Waals surface area contributed by atoms with E-state index in [9.17, 15) is 13.6 Å². The predicted octanol–water partition coefficient (Wildman–Crippen LogP) is 1.57. The first-order valence-electron chi connectivity index (χ1n) is 3.18. The lowest BCUT2D eigenvalue weighted by Gasteiger charge is -2.12. The topological polar surface area (TPSA) is 35.5 Å². The molecule has 3 nitrogen and oxygen atoms in total. The first-order valence-corrected chi connectivity index (χ1v) is 3.18. The van der Waals surface area contributed by atoms with Gasteiger partial charge in [-0.05, 0) is 6.92 Å². The molecule has 1 rings (SSSR count). The fourth-order valence-electron chi connectivity index (χ4n) is 0.865. The SMILES string of the molecule is CC(F)(F)CC1COC(=O)O1. The van der Waals surface area contributed by atoms with Crippen molar-refractivity contribution in [1.29, 1.82) is 0 Å². The van der Waals surface area contributed by atoms with E-state index >= 15 is 0 Å². The Morgan fingerprint density at radius 3 is 2.73 bits per heavy atom. The molecule has 0 amide bonds. The summed E-state index contributed by atoms with van der Waals surface area (Å²) in [6.07, 6.45) is -2.12. The van der Waals surface area contributed by atoms with Crippen molar-refractivity contribution in [3.8, 4) is 0 Å². The summed E-state index contributed by atoms with van der Waals surface area (Å²) in [6, 6.07) is 0. The molecule has 0 spiro atoms. The zero-order valence-electron chi connectivity index (χ0n) is 5.97. The number of cyclic esters (lactones) is 2. The molecule has 11 heavy (non-hydrogen) atoms. The third-order valence-corrected chi connectivity index (χ3v) is 1.24. The van der Waals surface area contributed by atoms with E-state index in [1.54, 1.807) is 0 Å². The average molecular weight is 166 g/mol. The predicted molar refractivity (Wildman–Crippen MR) is 31.5 cm³/mol. The van der Waals surface area contributed by atoms with Gasteiger partial charge in [-0.2, -0.15) is 0 Å². The third-order valence-electron chi connectivity index (χ3n) is 1.24. The molecule has 0 aromatic rings. The zero-order chi connectivity index (χ0) is 8.48. The van der Waals surface area contributed by atoms with Crippen LogP contribution in [-0.2, 0) is 9.47 Å². The largest absolute Gasteiger partial charge is 0.508 e. The quantitative estimate of drug-likeness (QED) is 0.584. The minimum Gasteiger partial charge on any atom is -0.430 e. The molecule has 64 valence electrons. The molecular weight excluding hydrogens is 158 g/mol. The van der Waals surface area contributed by atoms with Gasteiger partial charge in [0, 0.05) is 0 Å². The summed E-state index contributed by atoms with van der Waals surface area (Å²) in [7, 11) is 0. The van der Waals surface area contributed by atoms with Crippen LogP contribution in [0.3, 0.4) is 0 Å². The van der Waals surface area contributed by atoms with Crippen LogP contribution in [0.25, 0.3) is 0 Å². The van der Waals surface area contributed by atoms with Gasteiger partial charge in [-0.25, -0.2) is 13.6 Å². The number of carbonyl (C=O) groups excluding carboxylic acids is 1. The Bertz CT molecular complexity index is 164. The minimum absolute atomic E-state index is 0.0672. The summed E-state index contributed by atoms with van der Waals surface area (Å²) in [4.78, 5) is 10.2. The highest BCUT2D eigenvalue weighted by atomic mass is 19.3. The average Bonchev–Trinajstić information content (AvgIpc) is 2.10. The molecule has 0 aliphatic carbocycles. The monoisotopic (exact) mass is 166 g/mol. The standard InChI is InChI=1S/C6H8F2O3/c1-6(7,8)2-4-3-10-5(9)11-4/h4H,2-3H2,1H3. The highest BCUT2D eigenvalue weighted by Gasteiger charge is 2.33. The van der Waals surface area contributed by atoms with Crippen molar-refractivity contribution in [1.82, 2.24) is 0 Å². The number of hydrogen-bond acceptors (Lipinski definition) is 3. The van der Waals surface area contributed by atoms with Crippen LogP contribution >= 0.6 is 0 Å². The van der Waals surface area contributed by atoms with E-state index in [1.807, 2.05) is 0 Å². The van der Waals surface area contributed by atoms with Crippen molar-refractivity contribution in [3.63, 3.8) is 0 Å². The molecule has 0 saturated carbocycles. The molecule has 1 aliphatic heterocycles. The number of carbonyl (C=O) groups is 1. The van der Waals surface area contributed by atoms with Crippen molar-refractivity contribution in [2.75, 3.05) is 6.61 Å². The van der Waals surface area contributed by atoms with Gasteiger partial charge in [-0.1, -0.05) is 0 Å². The lowest BCUT2D eigenvalue weighted by molar-refractivity contribution is -0.0209. The van der Waals surface area contributed by atoms with Gasteiger partial charge in [0.1, 0.15) is 12.7 Å². The molecule has 0 aromatic carbocycles. The maximum atomic E-state index is 12.3. The summed E-state index contributed by atoms with van der Waals surface area (Å²) in [6.45, 7) is 0.710. The van der Waals surface area contributed by atoms with Gasteiger partial charge in [-0.15, -0.1) is 0 Å². The second-order valence-corrected chi connectivity index (χ2v) is 2.58. The number of alkyl halides is 2. The van der Waals surface area contributed by atoms with Crippen LogP contribution < -0.4 is 0 Å². The van der Waals surface area contributed by atoms with Gasteiger partial charge >= 0.3 is 6.16 Å². The Morgan fingerprint density at radius 1 is 1.73 bits per heavy atom. The molecule has 1 atom stereocenters. The van der Waals surface area contributed by atoms with Crippen LogP contribution in [0.2, 0.25) is 0 Å². The van der Waals surface area contributed by atoms with Gasteiger partial charge in [0.2, 0.25) is 5.92 Å². The Hall–Kier alpha value is -0.870. The Kier molecular flexibility index (Phi) is 1.97. The Balaban J connectivity index is 2.34. The summed E-state index contributed by atoms with van der Waals surface area (Å²) in [5, 5.41) is 0. The molecule has 1 saturated heterocycles. The van der Waals surface area contributed by atoms with Crippen molar-refractivity contribution in [2.24, 2.45) is 0 Å². The van der Waals surface area contributed by atoms with Crippen LogP contribution in [0, 0.1) is 0 Å². The maximum absolute atomic E-state index is 12.3. The molecule has 0 N–H and O–H groups in total. The van der Waals surface area contributed by atoms with E-state index in [0.29, 0.717) is 0 Å². The summed E-state index contributed by atoms with van der Waals surface area (Å²) >= 11 is 0.